The Balaban J connectivity index is 1.43. The number of rotatable bonds is 7. The molecule has 1 unspecified atom stereocenters. The third-order valence-corrected chi connectivity index (χ3v) is 5.19. The second-order valence-corrected chi connectivity index (χ2v) is 7.53. The fourth-order valence-corrected chi connectivity index (χ4v) is 3.54. The second kappa shape index (κ2) is 9.61. The van der Waals surface area contributed by atoms with Gasteiger partial charge in [-0.3, -0.25) is 14.8 Å². The number of aliphatic imine (C=N–C) groups is 1. The predicted molar refractivity (Wildman–Crippen MR) is 112 cm³/mol. The minimum absolute atomic E-state index is 0.0192. The topological polar surface area (TPSA) is 84.8 Å². The molecular formula is C21H22ClFN4O3. The van der Waals surface area contributed by atoms with Gasteiger partial charge in [0.2, 0.25) is 0 Å². The van der Waals surface area contributed by atoms with Crippen LogP contribution >= 0.6 is 11.6 Å². The molecule has 9 heteroatoms. The summed E-state index contributed by atoms with van der Waals surface area (Å²) in [6.07, 6.45) is 1.90. The van der Waals surface area contributed by atoms with E-state index in [1.165, 1.54) is 18.2 Å². The molecule has 1 aromatic carbocycles. The molecule has 0 aliphatic carbocycles. The van der Waals surface area contributed by atoms with Gasteiger partial charge >= 0.3 is 0 Å². The monoisotopic (exact) mass is 432 g/mol. The molecule has 2 aliphatic rings. The van der Waals surface area contributed by atoms with Crippen LogP contribution in [0.2, 0.25) is 5.02 Å². The molecule has 2 aromatic rings. The molecule has 1 saturated heterocycles. The van der Waals surface area contributed by atoms with Gasteiger partial charge in [0, 0.05) is 44.0 Å². The minimum atomic E-state index is -0.513. The minimum Gasteiger partial charge on any atom is -0.488 e. The molecular weight excluding hydrogens is 411 g/mol. The highest BCUT2D eigenvalue weighted by Crippen LogP contribution is 2.29. The number of pyridine rings is 1. The molecule has 2 N–H and O–H groups in total. The molecule has 1 aromatic heterocycles. The molecule has 2 aliphatic heterocycles. The first kappa shape index (κ1) is 20.9. The molecule has 0 bridgehead atoms. The summed E-state index contributed by atoms with van der Waals surface area (Å²) in [5.74, 6) is -0.128. The number of hydrogen-bond acceptors (Lipinski definition) is 7. The van der Waals surface area contributed by atoms with E-state index >= 15 is 0 Å². The summed E-state index contributed by atoms with van der Waals surface area (Å²) in [5.41, 5.74) is 2.42. The third kappa shape index (κ3) is 5.02. The van der Waals surface area contributed by atoms with Crippen molar-refractivity contribution >= 4 is 28.8 Å². The number of hydrogen-bond donors (Lipinski definition) is 2. The molecule has 4 rings (SSSR count). The number of carbonyl (C=O) groups excluding carboxylic acids is 1. The van der Waals surface area contributed by atoms with Crippen molar-refractivity contribution in [2.24, 2.45) is 4.99 Å². The first-order chi connectivity index (χ1) is 14.6. The number of ether oxygens (including phenoxy) is 2. The van der Waals surface area contributed by atoms with Gasteiger partial charge in [0.05, 0.1) is 41.2 Å². The van der Waals surface area contributed by atoms with Gasteiger partial charge in [-0.1, -0.05) is 11.6 Å². The second-order valence-electron chi connectivity index (χ2n) is 7.12. The van der Waals surface area contributed by atoms with E-state index in [2.05, 4.69) is 20.6 Å². The molecule has 7 nitrogen and oxygen atoms in total. The number of Topliss-reactive ketones (excluding diaryl/α,β-unsaturated/α-hetero) is 1. The number of fused-ring (bicyclic) bond motifs is 1. The van der Waals surface area contributed by atoms with Crippen LogP contribution in [0.5, 0.6) is 5.75 Å². The summed E-state index contributed by atoms with van der Waals surface area (Å²) in [6, 6.07) is 5.81. The van der Waals surface area contributed by atoms with E-state index in [9.17, 15) is 9.18 Å². The first-order valence-corrected chi connectivity index (χ1v) is 10.2. The van der Waals surface area contributed by atoms with E-state index in [1.807, 2.05) is 0 Å². The lowest BCUT2D eigenvalue weighted by Gasteiger charge is -2.24. The third-order valence-electron chi connectivity index (χ3n) is 4.90. The average Bonchev–Trinajstić information content (AvgIpc) is 2.76. The van der Waals surface area contributed by atoms with Gasteiger partial charge in [-0.15, -0.1) is 0 Å². The van der Waals surface area contributed by atoms with Crippen LogP contribution in [0.15, 0.2) is 35.5 Å². The number of aromatic nitrogens is 1. The van der Waals surface area contributed by atoms with Crippen molar-refractivity contribution in [2.75, 3.05) is 32.8 Å². The molecule has 0 radical (unpaired) electrons. The van der Waals surface area contributed by atoms with Crippen LogP contribution in [0.4, 0.5) is 10.1 Å². The lowest BCUT2D eigenvalue weighted by Crippen LogP contribution is -2.43. The van der Waals surface area contributed by atoms with Crippen LogP contribution in [-0.2, 0) is 11.3 Å². The average molecular weight is 433 g/mol. The van der Waals surface area contributed by atoms with Crippen molar-refractivity contribution in [1.29, 1.82) is 0 Å². The van der Waals surface area contributed by atoms with E-state index in [1.54, 1.807) is 12.3 Å². The fraction of sp³-hybridized carbons (Fsp3) is 0.381. The summed E-state index contributed by atoms with van der Waals surface area (Å²) >= 11 is 5.78. The summed E-state index contributed by atoms with van der Waals surface area (Å²) in [4.78, 5) is 21.6. The zero-order valence-corrected chi connectivity index (χ0v) is 17.0. The quantitative estimate of drug-likeness (QED) is 0.699. The van der Waals surface area contributed by atoms with Gasteiger partial charge in [-0.2, -0.15) is 0 Å². The lowest BCUT2D eigenvalue weighted by atomic mass is 10.00. The number of carbonyl (C=O) groups is 1. The largest absolute Gasteiger partial charge is 0.488 e. The standard InChI is InChI=1S/C21H22ClFN4O3/c22-17-8-14(1-2-18(17)23)30-12-13-7-20(28)16-3-4-26-19(21(16)27-13)11-25-10-15-9-24-5-6-29-15/h1-4,8,15,24-25H,5-7,9-12H2. The molecule has 1 fully saturated rings. The molecule has 0 amide bonds. The summed E-state index contributed by atoms with van der Waals surface area (Å²) < 4.78 is 24.6. The van der Waals surface area contributed by atoms with Crippen LogP contribution in [0.25, 0.3) is 0 Å². The Labute approximate surface area is 178 Å². The fourth-order valence-electron chi connectivity index (χ4n) is 3.37. The number of ketones is 1. The molecule has 3 heterocycles. The highest BCUT2D eigenvalue weighted by atomic mass is 35.5. The highest BCUT2D eigenvalue weighted by molar-refractivity contribution is 6.30. The first-order valence-electron chi connectivity index (χ1n) is 9.78. The van der Waals surface area contributed by atoms with E-state index in [0.717, 1.165) is 13.1 Å². The molecule has 0 saturated carbocycles. The smallest absolute Gasteiger partial charge is 0.170 e. The van der Waals surface area contributed by atoms with Crippen LogP contribution in [-0.4, -0.2) is 55.4 Å². The lowest BCUT2D eigenvalue weighted by molar-refractivity contribution is 0.0290. The summed E-state index contributed by atoms with van der Waals surface area (Å²) in [6.45, 7) is 3.64. The normalized spacial score (nSPS) is 18.7. The van der Waals surface area contributed by atoms with Crippen LogP contribution in [0.3, 0.4) is 0 Å². The van der Waals surface area contributed by atoms with Gasteiger partial charge in [-0.25, -0.2) is 4.39 Å². The molecule has 158 valence electrons. The Kier molecular flexibility index (Phi) is 6.69. The zero-order valence-electron chi connectivity index (χ0n) is 16.3. The Morgan fingerprint density at radius 2 is 2.27 bits per heavy atom. The van der Waals surface area contributed by atoms with Crippen molar-refractivity contribution in [2.45, 2.75) is 19.1 Å². The SMILES string of the molecule is O=C1CC(COc2ccc(F)c(Cl)c2)=Nc2c1ccnc2CNCC1CNCCO1. The molecule has 1 atom stereocenters. The zero-order chi connectivity index (χ0) is 20.9. The van der Waals surface area contributed by atoms with Crippen molar-refractivity contribution in [3.05, 3.63) is 52.6 Å². The number of nitrogens with zero attached hydrogens (tertiary/aromatic N) is 2. The molecule has 30 heavy (non-hydrogen) atoms. The maximum atomic E-state index is 13.3. The van der Waals surface area contributed by atoms with Gasteiger partial charge < -0.3 is 20.1 Å². The van der Waals surface area contributed by atoms with E-state index in [4.69, 9.17) is 21.1 Å². The Bertz CT molecular complexity index is 963. The number of benzene rings is 1. The Morgan fingerprint density at radius 3 is 3.07 bits per heavy atom. The predicted octanol–water partition coefficient (Wildman–Crippen LogP) is 2.69. The van der Waals surface area contributed by atoms with Crippen LogP contribution < -0.4 is 15.4 Å². The number of halogens is 2. The molecule has 0 spiro atoms. The Morgan fingerprint density at radius 1 is 1.37 bits per heavy atom. The van der Waals surface area contributed by atoms with Crippen molar-refractivity contribution < 1.29 is 18.7 Å². The van der Waals surface area contributed by atoms with Gasteiger partial charge in [0.1, 0.15) is 18.2 Å². The van der Waals surface area contributed by atoms with Crippen molar-refractivity contribution in [1.82, 2.24) is 15.6 Å². The number of nitrogens with one attached hydrogen (secondary N) is 2. The van der Waals surface area contributed by atoms with Crippen molar-refractivity contribution in [3.63, 3.8) is 0 Å². The van der Waals surface area contributed by atoms with Crippen LogP contribution in [0.1, 0.15) is 22.5 Å². The van der Waals surface area contributed by atoms with Gasteiger partial charge in [0.25, 0.3) is 0 Å². The van der Waals surface area contributed by atoms with Crippen molar-refractivity contribution in [3.8, 4) is 5.75 Å². The summed E-state index contributed by atoms with van der Waals surface area (Å²) in [7, 11) is 0. The van der Waals surface area contributed by atoms with E-state index < -0.39 is 5.82 Å². The van der Waals surface area contributed by atoms with Crippen LogP contribution in [0, 0.1) is 5.82 Å². The highest BCUT2D eigenvalue weighted by Gasteiger charge is 2.23. The van der Waals surface area contributed by atoms with E-state index in [0.29, 0.717) is 48.1 Å². The maximum absolute atomic E-state index is 13.3. The number of morpholine rings is 1. The summed E-state index contributed by atoms with van der Waals surface area (Å²) in [5, 5.41) is 6.60. The maximum Gasteiger partial charge on any atom is 0.170 e. The van der Waals surface area contributed by atoms with E-state index in [-0.39, 0.29) is 29.9 Å². The van der Waals surface area contributed by atoms with Gasteiger partial charge in [0.15, 0.2) is 5.78 Å². The Hall–Kier alpha value is -2.39. The van der Waals surface area contributed by atoms with Gasteiger partial charge in [-0.05, 0) is 18.2 Å².